The molecule has 1 atom stereocenters. The molecule has 0 aliphatic rings. The van der Waals surface area contributed by atoms with Crippen LogP contribution in [-0.2, 0) is 6.42 Å². The second kappa shape index (κ2) is 5.23. The third-order valence-electron chi connectivity index (χ3n) is 3.32. The molecule has 0 saturated carbocycles. The highest BCUT2D eigenvalue weighted by Crippen LogP contribution is 2.25. The van der Waals surface area contributed by atoms with Crippen molar-refractivity contribution >= 4 is 5.69 Å². The molecule has 0 saturated heterocycles. The van der Waals surface area contributed by atoms with Crippen LogP contribution in [0.5, 0.6) is 0 Å². The average molecular weight is 241 g/mol. The summed E-state index contributed by atoms with van der Waals surface area (Å²) in [5.41, 5.74) is 10.6. The number of rotatable bonds is 3. The van der Waals surface area contributed by atoms with E-state index in [-0.39, 0.29) is 0 Å². The Morgan fingerprint density at radius 1 is 1.06 bits per heavy atom. The molecule has 0 aliphatic carbocycles. The minimum Gasteiger partial charge on any atom is -0.399 e. The van der Waals surface area contributed by atoms with Crippen LogP contribution in [0.2, 0.25) is 0 Å². The van der Waals surface area contributed by atoms with Gasteiger partial charge in [0.25, 0.3) is 0 Å². The zero-order valence-corrected chi connectivity index (χ0v) is 10.9. The Morgan fingerprint density at radius 2 is 1.67 bits per heavy atom. The molecule has 3 N–H and O–H groups in total. The molecule has 0 unspecified atom stereocenters. The van der Waals surface area contributed by atoms with Crippen molar-refractivity contribution in [1.82, 2.24) is 0 Å². The molecule has 0 heterocycles. The summed E-state index contributed by atoms with van der Waals surface area (Å²) in [5.74, 6) is 0. The number of aliphatic hydroxyl groups excluding tert-OH is 1. The van der Waals surface area contributed by atoms with E-state index in [0.717, 1.165) is 28.8 Å². The largest absolute Gasteiger partial charge is 0.399 e. The topological polar surface area (TPSA) is 46.2 Å². The fourth-order valence-corrected chi connectivity index (χ4v) is 1.96. The molecular weight excluding hydrogens is 222 g/mol. The first-order valence-corrected chi connectivity index (χ1v) is 6.24. The third-order valence-corrected chi connectivity index (χ3v) is 3.32. The van der Waals surface area contributed by atoms with Gasteiger partial charge < -0.3 is 10.8 Å². The van der Waals surface area contributed by atoms with Gasteiger partial charge in [0.15, 0.2) is 0 Å². The quantitative estimate of drug-likeness (QED) is 0.810. The summed E-state index contributed by atoms with van der Waals surface area (Å²) in [6, 6.07) is 13.7. The van der Waals surface area contributed by atoms with Gasteiger partial charge in [0.2, 0.25) is 0 Å². The van der Waals surface area contributed by atoms with Crippen molar-refractivity contribution in [3.8, 4) is 0 Å². The van der Waals surface area contributed by atoms with E-state index in [0.29, 0.717) is 0 Å². The molecule has 0 amide bonds. The smallest absolute Gasteiger partial charge is 0.104 e. The van der Waals surface area contributed by atoms with E-state index in [2.05, 4.69) is 19.1 Å². The van der Waals surface area contributed by atoms with Crippen LogP contribution in [0.25, 0.3) is 0 Å². The maximum Gasteiger partial charge on any atom is 0.104 e. The van der Waals surface area contributed by atoms with Crippen molar-refractivity contribution in [2.24, 2.45) is 0 Å². The predicted octanol–water partition coefficient (Wildman–Crippen LogP) is 3.22. The molecule has 2 rings (SSSR count). The van der Waals surface area contributed by atoms with E-state index >= 15 is 0 Å². The monoisotopic (exact) mass is 241 g/mol. The Bertz CT molecular complexity index is 531. The number of nitrogen functional groups attached to an aromatic ring is 1. The van der Waals surface area contributed by atoms with Crippen LogP contribution in [0.3, 0.4) is 0 Å². The second-order valence-electron chi connectivity index (χ2n) is 4.61. The minimum absolute atomic E-state index is 0.612. The van der Waals surface area contributed by atoms with Gasteiger partial charge in [0.1, 0.15) is 6.10 Å². The first-order chi connectivity index (χ1) is 8.61. The normalized spacial score (nSPS) is 12.4. The van der Waals surface area contributed by atoms with E-state index in [1.54, 1.807) is 0 Å². The summed E-state index contributed by atoms with van der Waals surface area (Å²) in [6.07, 6.45) is 0.396. The number of nitrogens with two attached hydrogens (primary N) is 1. The number of aliphatic hydroxyl groups is 1. The van der Waals surface area contributed by atoms with E-state index in [1.807, 2.05) is 37.3 Å². The highest BCUT2D eigenvalue weighted by Gasteiger charge is 2.11. The molecule has 94 valence electrons. The van der Waals surface area contributed by atoms with E-state index in [9.17, 15) is 5.11 Å². The van der Waals surface area contributed by atoms with Crippen molar-refractivity contribution in [1.29, 1.82) is 0 Å². The molecule has 0 radical (unpaired) electrons. The Hall–Kier alpha value is -1.80. The molecule has 2 nitrogen and oxygen atoms in total. The number of hydrogen-bond acceptors (Lipinski definition) is 2. The first-order valence-electron chi connectivity index (χ1n) is 6.24. The maximum absolute atomic E-state index is 10.3. The zero-order chi connectivity index (χ0) is 13.1. The lowest BCUT2D eigenvalue weighted by Crippen LogP contribution is -2.01. The molecular formula is C16H19NO. The molecule has 0 bridgehead atoms. The van der Waals surface area contributed by atoms with Crippen LogP contribution in [-0.4, -0.2) is 5.11 Å². The maximum atomic E-state index is 10.3. The van der Waals surface area contributed by atoms with E-state index in [1.165, 1.54) is 5.56 Å². The highest BCUT2D eigenvalue weighted by atomic mass is 16.3. The molecule has 0 aromatic heterocycles. The van der Waals surface area contributed by atoms with Gasteiger partial charge in [-0.3, -0.25) is 0 Å². The molecule has 0 fully saturated rings. The van der Waals surface area contributed by atoms with Crippen LogP contribution in [0, 0.1) is 6.92 Å². The molecule has 2 aromatic carbocycles. The van der Waals surface area contributed by atoms with Gasteiger partial charge >= 0.3 is 0 Å². The van der Waals surface area contributed by atoms with Gasteiger partial charge in [-0.1, -0.05) is 43.3 Å². The van der Waals surface area contributed by atoms with Crippen molar-refractivity contribution in [2.45, 2.75) is 26.4 Å². The Kier molecular flexibility index (Phi) is 3.68. The van der Waals surface area contributed by atoms with E-state index in [4.69, 9.17) is 5.73 Å². The molecule has 0 aliphatic heterocycles. The summed E-state index contributed by atoms with van der Waals surface area (Å²) in [5, 5.41) is 10.3. The van der Waals surface area contributed by atoms with Gasteiger partial charge in [-0.2, -0.15) is 0 Å². The lowest BCUT2D eigenvalue weighted by molar-refractivity contribution is 0.220. The second-order valence-corrected chi connectivity index (χ2v) is 4.61. The Labute approximate surface area is 108 Å². The Morgan fingerprint density at radius 3 is 2.22 bits per heavy atom. The summed E-state index contributed by atoms with van der Waals surface area (Å²) in [6.45, 7) is 4.08. The molecule has 2 heteroatoms. The van der Waals surface area contributed by atoms with Crippen LogP contribution < -0.4 is 5.73 Å². The zero-order valence-electron chi connectivity index (χ0n) is 10.9. The number of anilines is 1. The fourth-order valence-electron chi connectivity index (χ4n) is 1.96. The van der Waals surface area contributed by atoms with Gasteiger partial charge in [-0.05, 0) is 41.7 Å². The number of hydrogen-bond donors (Lipinski definition) is 2. The molecule has 2 aromatic rings. The van der Waals surface area contributed by atoms with Crippen molar-refractivity contribution in [3.63, 3.8) is 0 Å². The summed E-state index contributed by atoms with van der Waals surface area (Å²) >= 11 is 0. The van der Waals surface area contributed by atoms with Crippen LogP contribution in [0.15, 0.2) is 42.5 Å². The first kappa shape index (κ1) is 12.7. The summed E-state index contributed by atoms with van der Waals surface area (Å²) in [4.78, 5) is 0. The average Bonchev–Trinajstić information content (AvgIpc) is 2.41. The SMILES string of the molecule is CCc1ccc([C@@H](O)c2ccc(C)c(N)c2)cc1. The van der Waals surface area contributed by atoms with Gasteiger partial charge in [0.05, 0.1) is 0 Å². The van der Waals surface area contributed by atoms with Crippen molar-refractivity contribution < 1.29 is 5.11 Å². The summed E-state index contributed by atoms with van der Waals surface area (Å²) in [7, 11) is 0. The fraction of sp³-hybridized carbons (Fsp3) is 0.250. The lowest BCUT2D eigenvalue weighted by atomic mass is 9.98. The summed E-state index contributed by atoms with van der Waals surface area (Å²) < 4.78 is 0. The molecule has 18 heavy (non-hydrogen) atoms. The predicted molar refractivity (Wildman–Crippen MR) is 75.5 cm³/mol. The minimum atomic E-state index is -0.612. The third kappa shape index (κ3) is 2.54. The Balaban J connectivity index is 2.28. The highest BCUT2D eigenvalue weighted by molar-refractivity contribution is 5.50. The van der Waals surface area contributed by atoms with E-state index < -0.39 is 6.10 Å². The van der Waals surface area contributed by atoms with Crippen LogP contribution in [0.1, 0.15) is 35.3 Å². The van der Waals surface area contributed by atoms with Crippen molar-refractivity contribution in [3.05, 3.63) is 64.7 Å². The van der Waals surface area contributed by atoms with Crippen LogP contribution in [0.4, 0.5) is 5.69 Å². The standard InChI is InChI=1S/C16H19NO/c1-3-12-5-8-13(9-6-12)16(18)14-7-4-11(2)15(17)10-14/h4-10,16,18H,3,17H2,1-2H3/t16-/m1/s1. The van der Waals surface area contributed by atoms with Crippen molar-refractivity contribution in [2.75, 3.05) is 5.73 Å². The van der Waals surface area contributed by atoms with Crippen LogP contribution >= 0.6 is 0 Å². The van der Waals surface area contributed by atoms with Gasteiger partial charge in [-0.25, -0.2) is 0 Å². The number of benzene rings is 2. The van der Waals surface area contributed by atoms with Gasteiger partial charge in [0, 0.05) is 5.69 Å². The lowest BCUT2D eigenvalue weighted by Gasteiger charge is -2.13. The van der Waals surface area contributed by atoms with Gasteiger partial charge in [-0.15, -0.1) is 0 Å². The number of aryl methyl sites for hydroxylation is 2. The molecule has 0 spiro atoms.